The van der Waals surface area contributed by atoms with Crippen molar-refractivity contribution in [3.63, 3.8) is 0 Å². The van der Waals surface area contributed by atoms with Crippen molar-refractivity contribution in [2.24, 2.45) is 17.8 Å². The minimum absolute atomic E-state index is 0.622. The third-order valence-electron chi connectivity index (χ3n) is 4.94. The summed E-state index contributed by atoms with van der Waals surface area (Å²) in [5, 5.41) is 4.62. The second-order valence-corrected chi connectivity index (χ2v) is 7.43. The van der Waals surface area contributed by atoms with Crippen LogP contribution in [0.4, 0.5) is 0 Å². The highest BCUT2D eigenvalue weighted by Crippen LogP contribution is 2.43. The van der Waals surface area contributed by atoms with E-state index in [4.69, 9.17) is 11.6 Å². The molecule has 1 aromatic rings. The van der Waals surface area contributed by atoms with Crippen molar-refractivity contribution in [2.75, 3.05) is 13.1 Å². The Morgan fingerprint density at radius 1 is 1.24 bits per heavy atom. The molecule has 118 valence electrons. The lowest BCUT2D eigenvalue weighted by Gasteiger charge is -2.37. The molecule has 1 aliphatic rings. The van der Waals surface area contributed by atoms with Gasteiger partial charge in [0.2, 0.25) is 0 Å². The highest BCUT2D eigenvalue weighted by Gasteiger charge is 2.31. The molecule has 2 heteroatoms. The Morgan fingerprint density at radius 2 is 2.00 bits per heavy atom. The lowest BCUT2D eigenvalue weighted by molar-refractivity contribution is 0.224. The fraction of sp³-hybridized carbons (Fsp3) is 0.684. The van der Waals surface area contributed by atoms with Gasteiger partial charge in [0.15, 0.2) is 0 Å². The molecule has 1 nitrogen and oxygen atoms in total. The van der Waals surface area contributed by atoms with Crippen molar-refractivity contribution in [2.45, 2.75) is 52.4 Å². The molecule has 3 atom stereocenters. The number of halogens is 1. The number of nitrogens with one attached hydrogen (secondary N) is 1. The first-order valence-electron chi connectivity index (χ1n) is 8.56. The van der Waals surface area contributed by atoms with Crippen LogP contribution >= 0.6 is 11.6 Å². The SMILES string of the molecule is CCC1CCC(CNCC(C)C)C(c2ccccc2Cl)C1. The quantitative estimate of drug-likeness (QED) is 0.732. The van der Waals surface area contributed by atoms with Gasteiger partial charge in [-0.2, -0.15) is 0 Å². The summed E-state index contributed by atoms with van der Waals surface area (Å²) < 4.78 is 0. The third kappa shape index (κ3) is 4.72. The van der Waals surface area contributed by atoms with Crippen LogP contribution in [0.25, 0.3) is 0 Å². The van der Waals surface area contributed by atoms with E-state index in [1.165, 1.54) is 31.2 Å². The minimum atomic E-state index is 0.622. The van der Waals surface area contributed by atoms with E-state index in [0.717, 1.165) is 35.9 Å². The molecule has 1 saturated carbocycles. The molecule has 0 bridgehead atoms. The zero-order valence-corrected chi connectivity index (χ0v) is 14.5. The second kappa shape index (κ2) is 8.19. The molecule has 3 unspecified atom stereocenters. The Bertz CT molecular complexity index is 429. The van der Waals surface area contributed by atoms with E-state index >= 15 is 0 Å². The smallest absolute Gasteiger partial charge is 0.0440 e. The fourth-order valence-corrected chi connectivity index (χ4v) is 3.93. The number of benzene rings is 1. The molecule has 0 aliphatic heterocycles. The Morgan fingerprint density at radius 3 is 2.67 bits per heavy atom. The first-order valence-corrected chi connectivity index (χ1v) is 8.94. The van der Waals surface area contributed by atoms with E-state index in [0.29, 0.717) is 5.92 Å². The van der Waals surface area contributed by atoms with Crippen LogP contribution in [0.15, 0.2) is 24.3 Å². The van der Waals surface area contributed by atoms with Gasteiger partial charge in [-0.15, -0.1) is 0 Å². The zero-order chi connectivity index (χ0) is 15.2. The number of hydrogen-bond donors (Lipinski definition) is 1. The summed E-state index contributed by atoms with van der Waals surface area (Å²) in [6, 6.07) is 8.46. The molecular weight excluding hydrogens is 278 g/mol. The van der Waals surface area contributed by atoms with Crippen molar-refractivity contribution in [1.29, 1.82) is 0 Å². The van der Waals surface area contributed by atoms with Gasteiger partial charge in [0, 0.05) is 5.02 Å². The standard InChI is InChI=1S/C19H30ClN/c1-4-15-9-10-16(13-21-12-14(2)3)18(11-15)17-7-5-6-8-19(17)20/h5-8,14-16,18,21H,4,9-13H2,1-3H3. The Hall–Kier alpha value is -0.530. The van der Waals surface area contributed by atoms with E-state index in [2.05, 4.69) is 38.2 Å². The molecule has 0 radical (unpaired) electrons. The summed E-state index contributed by atoms with van der Waals surface area (Å²) in [4.78, 5) is 0. The van der Waals surface area contributed by atoms with Crippen molar-refractivity contribution < 1.29 is 0 Å². The average molecular weight is 308 g/mol. The summed E-state index contributed by atoms with van der Waals surface area (Å²) in [7, 11) is 0. The van der Waals surface area contributed by atoms with E-state index in [1.54, 1.807) is 0 Å². The predicted octanol–water partition coefficient (Wildman–Crippen LogP) is 5.50. The lowest BCUT2D eigenvalue weighted by Crippen LogP contribution is -2.33. The molecule has 0 spiro atoms. The third-order valence-corrected chi connectivity index (χ3v) is 5.29. The van der Waals surface area contributed by atoms with Crippen molar-refractivity contribution in [1.82, 2.24) is 5.32 Å². The number of rotatable bonds is 6. The van der Waals surface area contributed by atoms with Crippen molar-refractivity contribution in [3.05, 3.63) is 34.9 Å². The molecule has 1 N–H and O–H groups in total. The highest BCUT2D eigenvalue weighted by molar-refractivity contribution is 6.31. The summed E-state index contributed by atoms with van der Waals surface area (Å²) >= 11 is 6.48. The summed E-state index contributed by atoms with van der Waals surface area (Å²) in [5.41, 5.74) is 1.37. The van der Waals surface area contributed by atoms with Crippen LogP contribution in [0.1, 0.15) is 57.9 Å². The molecule has 0 saturated heterocycles. The molecule has 2 rings (SSSR count). The van der Waals surface area contributed by atoms with Gasteiger partial charge in [-0.3, -0.25) is 0 Å². The fourth-order valence-electron chi connectivity index (χ4n) is 3.65. The van der Waals surface area contributed by atoms with E-state index in [1.807, 2.05) is 12.1 Å². The van der Waals surface area contributed by atoms with Crippen molar-refractivity contribution in [3.8, 4) is 0 Å². The van der Waals surface area contributed by atoms with Crippen LogP contribution in [-0.4, -0.2) is 13.1 Å². The summed E-state index contributed by atoms with van der Waals surface area (Å²) in [6.45, 7) is 9.11. The molecule has 0 aromatic heterocycles. The minimum Gasteiger partial charge on any atom is -0.316 e. The Labute approximate surface area is 135 Å². The van der Waals surface area contributed by atoms with Gasteiger partial charge in [0.25, 0.3) is 0 Å². The molecule has 1 aromatic carbocycles. The van der Waals surface area contributed by atoms with Gasteiger partial charge in [0.1, 0.15) is 0 Å². The zero-order valence-electron chi connectivity index (χ0n) is 13.7. The van der Waals surface area contributed by atoms with E-state index in [9.17, 15) is 0 Å². The van der Waals surface area contributed by atoms with Crippen LogP contribution in [0, 0.1) is 17.8 Å². The van der Waals surface area contributed by atoms with Gasteiger partial charge in [-0.05, 0) is 61.2 Å². The second-order valence-electron chi connectivity index (χ2n) is 7.03. The molecular formula is C19H30ClN. The van der Waals surface area contributed by atoms with Crippen molar-refractivity contribution >= 4 is 11.6 Å². The van der Waals surface area contributed by atoms with Crippen LogP contribution in [0.2, 0.25) is 5.02 Å². The van der Waals surface area contributed by atoms with Gasteiger partial charge >= 0.3 is 0 Å². The summed E-state index contributed by atoms with van der Waals surface area (Å²) in [6.07, 6.45) is 5.31. The van der Waals surface area contributed by atoms with Crippen LogP contribution in [0.3, 0.4) is 0 Å². The molecule has 1 aliphatic carbocycles. The largest absolute Gasteiger partial charge is 0.316 e. The predicted molar refractivity (Wildman–Crippen MR) is 93.0 cm³/mol. The van der Waals surface area contributed by atoms with Crippen LogP contribution in [-0.2, 0) is 0 Å². The number of hydrogen-bond acceptors (Lipinski definition) is 1. The molecule has 21 heavy (non-hydrogen) atoms. The van der Waals surface area contributed by atoms with Gasteiger partial charge in [-0.1, -0.05) is 63.4 Å². The van der Waals surface area contributed by atoms with Gasteiger partial charge < -0.3 is 5.32 Å². The van der Waals surface area contributed by atoms with Crippen LogP contribution in [0.5, 0.6) is 0 Å². The first-order chi connectivity index (χ1) is 10.1. The normalized spacial score (nSPS) is 26.2. The maximum absolute atomic E-state index is 6.48. The Kier molecular flexibility index (Phi) is 6.57. The molecule has 0 heterocycles. The van der Waals surface area contributed by atoms with Crippen LogP contribution < -0.4 is 5.32 Å². The Balaban J connectivity index is 2.08. The lowest BCUT2D eigenvalue weighted by atomic mass is 9.70. The average Bonchev–Trinajstić information content (AvgIpc) is 2.48. The van der Waals surface area contributed by atoms with Gasteiger partial charge in [-0.25, -0.2) is 0 Å². The molecule has 0 amide bonds. The monoisotopic (exact) mass is 307 g/mol. The highest BCUT2D eigenvalue weighted by atomic mass is 35.5. The first kappa shape index (κ1) is 16.8. The summed E-state index contributed by atoms with van der Waals surface area (Å²) in [5.74, 6) is 2.94. The topological polar surface area (TPSA) is 12.0 Å². The maximum atomic E-state index is 6.48. The maximum Gasteiger partial charge on any atom is 0.0440 e. The van der Waals surface area contributed by atoms with E-state index in [-0.39, 0.29) is 0 Å². The van der Waals surface area contributed by atoms with E-state index < -0.39 is 0 Å². The van der Waals surface area contributed by atoms with Gasteiger partial charge in [0.05, 0.1) is 0 Å². The molecule has 1 fully saturated rings.